The van der Waals surface area contributed by atoms with Crippen LogP contribution < -0.4 is 5.32 Å². The van der Waals surface area contributed by atoms with E-state index >= 15 is 8.78 Å². The molecule has 230 valence electrons. The Morgan fingerprint density at radius 1 is 1.19 bits per heavy atom. The van der Waals surface area contributed by atoms with Gasteiger partial charge in [0.05, 0.1) is 11.5 Å². The maximum absolute atomic E-state index is 17.6. The number of alkyl halides is 2. The zero-order valence-corrected chi connectivity index (χ0v) is 25.5. The molecule has 10 heteroatoms. The predicted octanol–water partition coefficient (Wildman–Crippen LogP) is 4.17. The lowest BCUT2D eigenvalue weighted by atomic mass is 9.43. The SMILES string of the molecule is CC(=O)OCC(=O)[C@@]12CN(C(=S)NC3CCCCC3)C[C@@H]1C[C@H]1[C@@H]3C[C@H](F)C4=CC(=O)C=C[C@]4(C)[C@@]3(F)[C@@H](O)C[C@@]12C. The Balaban J connectivity index is 1.37. The highest BCUT2D eigenvalue weighted by atomic mass is 32.1. The number of Topliss-reactive ketones (excluding diaryl/α,β-unsaturated/α-hetero) is 1. The number of hydrogen-bond donors (Lipinski definition) is 2. The second kappa shape index (κ2) is 10.2. The zero-order valence-electron chi connectivity index (χ0n) is 24.7. The third kappa shape index (κ3) is 4.02. The summed E-state index contributed by atoms with van der Waals surface area (Å²) in [5.74, 6) is -2.71. The quantitative estimate of drug-likeness (QED) is 0.365. The number of allylic oxidation sites excluding steroid dienone is 4. The molecule has 0 amide bonds. The molecule has 2 N–H and O–H groups in total. The number of aliphatic hydroxyl groups is 1. The molecule has 0 unspecified atom stereocenters. The summed E-state index contributed by atoms with van der Waals surface area (Å²) in [6.07, 6.45) is 6.74. The first-order valence-corrected chi connectivity index (χ1v) is 15.9. The number of likely N-dealkylation sites (tertiary alicyclic amines) is 1. The van der Waals surface area contributed by atoms with Crippen LogP contribution in [0.25, 0.3) is 0 Å². The van der Waals surface area contributed by atoms with E-state index in [-0.39, 0.29) is 48.5 Å². The van der Waals surface area contributed by atoms with Crippen molar-refractivity contribution in [2.75, 3.05) is 19.7 Å². The molecule has 5 aliphatic carbocycles. The molecule has 0 aromatic rings. The lowest BCUT2D eigenvalue weighted by Crippen LogP contribution is -2.69. The van der Waals surface area contributed by atoms with Crippen LogP contribution in [0.3, 0.4) is 0 Å². The van der Waals surface area contributed by atoms with Crippen LogP contribution >= 0.6 is 12.2 Å². The van der Waals surface area contributed by atoms with E-state index in [4.69, 9.17) is 17.0 Å². The summed E-state index contributed by atoms with van der Waals surface area (Å²) in [5, 5.41) is 15.9. The van der Waals surface area contributed by atoms with Gasteiger partial charge in [0.15, 0.2) is 29.0 Å². The lowest BCUT2D eigenvalue weighted by molar-refractivity contribution is -0.212. The number of ether oxygens (including phenoxy) is 1. The van der Waals surface area contributed by atoms with Gasteiger partial charge in [-0.25, -0.2) is 8.78 Å². The van der Waals surface area contributed by atoms with Crippen LogP contribution in [0.4, 0.5) is 8.78 Å². The first-order valence-electron chi connectivity index (χ1n) is 15.5. The minimum atomic E-state index is -2.21. The maximum atomic E-state index is 17.6. The number of ketones is 2. The molecular weight excluding hydrogens is 562 g/mol. The van der Waals surface area contributed by atoms with Crippen LogP contribution in [-0.4, -0.2) is 76.3 Å². The van der Waals surface area contributed by atoms with Crippen LogP contribution in [0.5, 0.6) is 0 Å². The number of rotatable bonds is 4. The Kier molecular flexibility index (Phi) is 7.24. The second-order valence-electron chi connectivity index (χ2n) is 14.1. The molecule has 0 bridgehead atoms. The fourth-order valence-electron chi connectivity index (χ4n) is 10.2. The molecule has 0 aromatic heterocycles. The summed E-state index contributed by atoms with van der Waals surface area (Å²) in [7, 11) is 0. The second-order valence-corrected chi connectivity index (χ2v) is 14.5. The molecule has 42 heavy (non-hydrogen) atoms. The number of esters is 1. The number of carbonyl (C=O) groups is 3. The van der Waals surface area contributed by atoms with Gasteiger partial charge in [-0.05, 0) is 86.2 Å². The Hall–Kier alpha value is -2.20. The van der Waals surface area contributed by atoms with E-state index in [0.29, 0.717) is 18.1 Å². The monoisotopic (exact) mass is 604 g/mol. The van der Waals surface area contributed by atoms with Gasteiger partial charge in [0.2, 0.25) is 0 Å². The highest BCUT2D eigenvalue weighted by molar-refractivity contribution is 7.80. The molecular formula is C32H42F2N2O5S. The largest absolute Gasteiger partial charge is 0.458 e. The molecule has 9 atom stereocenters. The maximum Gasteiger partial charge on any atom is 0.303 e. The van der Waals surface area contributed by atoms with Crippen molar-refractivity contribution >= 4 is 34.9 Å². The van der Waals surface area contributed by atoms with Crippen molar-refractivity contribution < 1.29 is 33.0 Å². The molecule has 6 rings (SSSR count). The lowest BCUT2D eigenvalue weighted by Gasteiger charge is -2.63. The molecule has 6 aliphatic rings. The van der Waals surface area contributed by atoms with Gasteiger partial charge in [-0.1, -0.05) is 32.3 Å². The normalized spacial score (nSPS) is 44.4. The molecule has 5 fully saturated rings. The van der Waals surface area contributed by atoms with Crippen molar-refractivity contribution in [1.29, 1.82) is 0 Å². The van der Waals surface area contributed by atoms with E-state index in [0.717, 1.165) is 25.7 Å². The molecule has 0 radical (unpaired) electrons. The van der Waals surface area contributed by atoms with E-state index in [9.17, 15) is 19.5 Å². The number of nitrogens with one attached hydrogen (secondary N) is 1. The van der Waals surface area contributed by atoms with Gasteiger partial charge in [0, 0.05) is 37.4 Å². The zero-order chi connectivity index (χ0) is 30.2. The Labute approximate surface area is 251 Å². The number of thiocarbonyl (C=S) groups is 1. The van der Waals surface area contributed by atoms with Gasteiger partial charge >= 0.3 is 5.97 Å². The molecule has 0 aromatic carbocycles. The van der Waals surface area contributed by atoms with E-state index in [2.05, 4.69) is 5.32 Å². The smallest absolute Gasteiger partial charge is 0.303 e. The third-order valence-corrected chi connectivity index (χ3v) is 12.7. The standard InChI is InChI=1S/C32H42F2N2O5S/c1-18(37)41-16-27(40)31-17-36(28(42)35-20-7-5-4-6-8-20)15-19(31)11-22-23-13-25(33)24-12-21(38)9-10-29(24,2)32(23,34)26(39)14-30(22,31)3/h9-10,12,19-20,22-23,25-26,39H,4-8,11,13-17H2,1-3H3,(H,35,42)/t19-,22-,23-,25-,26-,29-,30-,31+,32-/m0/s1. The summed E-state index contributed by atoms with van der Waals surface area (Å²) >= 11 is 5.85. The summed E-state index contributed by atoms with van der Waals surface area (Å²) in [4.78, 5) is 40.1. The molecule has 0 spiro atoms. The van der Waals surface area contributed by atoms with Crippen LogP contribution in [0.2, 0.25) is 0 Å². The van der Waals surface area contributed by atoms with Gasteiger partial charge in [-0.15, -0.1) is 0 Å². The summed E-state index contributed by atoms with van der Waals surface area (Å²) in [6.45, 7) is 5.13. The first kappa shape index (κ1) is 29.9. The Bertz CT molecular complexity index is 1270. The number of aliphatic hydroxyl groups excluding tert-OH is 1. The molecule has 4 saturated carbocycles. The van der Waals surface area contributed by atoms with Gasteiger partial charge in [0.1, 0.15) is 6.17 Å². The van der Waals surface area contributed by atoms with Gasteiger partial charge in [-0.3, -0.25) is 14.4 Å². The number of hydrogen-bond acceptors (Lipinski definition) is 6. The average molecular weight is 605 g/mol. The molecule has 1 aliphatic heterocycles. The van der Waals surface area contributed by atoms with Crippen molar-refractivity contribution in [2.45, 2.75) is 96.1 Å². The average Bonchev–Trinajstić information content (AvgIpc) is 3.44. The fraction of sp³-hybridized carbons (Fsp3) is 0.750. The van der Waals surface area contributed by atoms with Crippen molar-refractivity contribution in [3.63, 3.8) is 0 Å². The topological polar surface area (TPSA) is 95.9 Å². The fourth-order valence-corrected chi connectivity index (χ4v) is 10.6. The predicted molar refractivity (Wildman–Crippen MR) is 156 cm³/mol. The minimum Gasteiger partial charge on any atom is -0.458 e. The highest BCUT2D eigenvalue weighted by Gasteiger charge is 2.78. The Morgan fingerprint density at radius 3 is 2.60 bits per heavy atom. The third-order valence-electron chi connectivity index (χ3n) is 12.3. The molecule has 1 heterocycles. The number of carbonyl (C=O) groups excluding carboxylic acids is 3. The van der Waals surface area contributed by atoms with Gasteiger partial charge < -0.3 is 20.1 Å². The van der Waals surface area contributed by atoms with Crippen molar-refractivity contribution in [3.8, 4) is 0 Å². The number of fused-ring (bicyclic) bond motifs is 7. The molecule has 7 nitrogen and oxygen atoms in total. The van der Waals surface area contributed by atoms with Gasteiger partial charge in [0.25, 0.3) is 0 Å². The molecule has 1 saturated heterocycles. The van der Waals surface area contributed by atoms with E-state index in [1.54, 1.807) is 6.92 Å². The van der Waals surface area contributed by atoms with Crippen molar-refractivity contribution in [3.05, 3.63) is 23.8 Å². The van der Waals surface area contributed by atoms with Crippen LogP contribution in [0.1, 0.15) is 72.1 Å². The minimum absolute atomic E-state index is 0.00869. The van der Waals surface area contributed by atoms with Crippen molar-refractivity contribution in [1.82, 2.24) is 10.2 Å². The van der Waals surface area contributed by atoms with Crippen LogP contribution in [-0.2, 0) is 19.1 Å². The van der Waals surface area contributed by atoms with E-state index < -0.39 is 58.6 Å². The van der Waals surface area contributed by atoms with Crippen molar-refractivity contribution in [2.24, 2.45) is 34.0 Å². The summed E-state index contributed by atoms with van der Waals surface area (Å²) in [5.41, 5.74) is -5.56. The van der Waals surface area contributed by atoms with Crippen LogP contribution in [0.15, 0.2) is 23.8 Å². The number of nitrogens with zero attached hydrogens (tertiary/aromatic N) is 1. The summed E-state index contributed by atoms with van der Waals surface area (Å²) < 4.78 is 38.7. The Morgan fingerprint density at radius 2 is 1.90 bits per heavy atom. The van der Waals surface area contributed by atoms with Gasteiger partial charge in [-0.2, -0.15) is 0 Å². The van der Waals surface area contributed by atoms with E-state index in [1.165, 1.54) is 31.6 Å². The van der Waals surface area contributed by atoms with Crippen LogP contribution in [0, 0.1) is 34.0 Å². The van der Waals surface area contributed by atoms with E-state index in [1.807, 2.05) is 11.8 Å². The number of halogens is 2. The summed E-state index contributed by atoms with van der Waals surface area (Å²) in [6, 6.07) is 0.286. The first-order chi connectivity index (χ1) is 19.8. The highest BCUT2D eigenvalue weighted by Crippen LogP contribution is 2.74.